The molecule has 3 heterocycles. The standard InChI is InChI=1S/C12H13ClN4/c13-12-9(3-14)2-11(5-16-12)17-6-8-1-10(7-17)15-4-8/h2,5,8,10,15H,1,4,6-7H2/t8-,10-/m1/s1. The van der Waals surface area contributed by atoms with Gasteiger partial charge in [0.1, 0.15) is 11.2 Å². The monoisotopic (exact) mass is 248 g/mol. The van der Waals surface area contributed by atoms with E-state index in [9.17, 15) is 0 Å². The van der Waals surface area contributed by atoms with Crippen LogP contribution in [0.5, 0.6) is 0 Å². The number of nitrogens with zero attached hydrogens (tertiary/aromatic N) is 3. The first-order chi connectivity index (χ1) is 8.26. The fourth-order valence-electron chi connectivity index (χ4n) is 2.73. The van der Waals surface area contributed by atoms with E-state index in [4.69, 9.17) is 16.9 Å². The average Bonchev–Trinajstić information content (AvgIpc) is 2.69. The number of pyridine rings is 1. The minimum atomic E-state index is 0.286. The highest BCUT2D eigenvalue weighted by atomic mass is 35.5. The molecule has 2 aliphatic heterocycles. The first-order valence-electron chi connectivity index (χ1n) is 5.80. The van der Waals surface area contributed by atoms with Gasteiger partial charge in [0.05, 0.1) is 17.4 Å². The Hall–Kier alpha value is -1.31. The molecule has 0 aliphatic carbocycles. The van der Waals surface area contributed by atoms with E-state index in [2.05, 4.69) is 21.3 Å². The third kappa shape index (κ3) is 1.97. The minimum Gasteiger partial charge on any atom is -0.368 e. The molecule has 0 radical (unpaired) electrons. The molecular weight excluding hydrogens is 236 g/mol. The fraction of sp³-hybridized carbons (Fsp3) is 0.500. The molecule has 1 aromatic rings. The molecule has 0 amide bonds. The SMILES string of the molecule is N#Cc1cc(N2C[C@H]3CN[C@H](C3)C2)cnc1Cl. The molecule has 2 bridgehead atoms. The van der Waals surface area contributed by atoms with Crippen molar-refractivity contribution in [1.82, 2.24) is 10.3 Å². The van der Waals surface area contributed by atoms with E-state index in [1.54, 1.807) is 6.20 Å². The van der Waals surface area contributed by atoms with Gasteiger partial charge in [0.15, 0.2) is 0 Å². The third-order valence-corrected chi connectivity index (χ3v) is 3.84. The predicted octanol–water partition coefficient (Wildman–Crippen LogP) is 1.40. The number of halogens is 1. The number of anilines is 1. The van der Waals surface area contributed by atoms with Crippen LogP contribution in [0.3, 0.4) is 0 Å². The van der Waals surface area contributed by atoms with Crippen molar-refractivity contribution in [3.8, 4) is 6.07 Å². The molecule has 2 saturated heterocycles. The van der Waals surface area contributed by atoms with Crippen LogP contribution in [0.15, 0.2) is 12.3 Å². The first-order valence-corrected chi connectivity index (χ1v) is 6.18. The summed E-state index contributed by atoms with van der Waals surface area (Å²) in [6.45, 7) is 3.13. The van der Waals surface area contributed by atoms with Crippen LogP contribution in [0.4, 0.5) is 5.69 Å². The van der Waals surface area contributed by atoms with Gasteiger partial charge in [-0.1, -0.05) is 11.6 Å². The molecule has 0 aromatic carbocycles. The molecule has 5 heteroatoms. The summed E-state index contributed by atoms with van der Waals surface area (Å²) in [6, 6.07) is 4.49. The number of nitriles is 1. The Morgan fingerprint density at radius 2 is 2.41 bits per heavy atom. The van der Waals surface area contributed by atoms with E-state index >= 15 is 0 Å². The van der Waals surface area contributed by atoms with Crippen LogP contribution < -0.4 is 10.2 Å². The van der Waals surface area contributed by atoms with Crippen LogP contribution in [0.2, 0.25) is 5.15 Å². The van der Waals surface area contributed by atoms with Gasteiger partial charge in [-0.05, 0) is 18.4 Å². The fourth-order valence-corrected chi connectivity index (χ4v) is 2.88. The number of nitrogens with one attached hydrogen (secondary N) is 1. The van der Waals surface area contributed by atoms with Crippen molar-refractivity contribution in [1.29, 1.82) is 5.26 Å². The maximum absolute atomic E-state index is 8.95. The molecule has 1 aromatic heterocycles. The van der Waals surface area contributed by atoms with Gasteiger partial charge in [0.2, 0.25) is 0 Å². The van der Waals surface area contributed by atoms with E-state index in [-0.39, 0.29) is 5.15 Å². The summed E-state index contributed by atoms with van der Waals surface area (Å²) >= 11 is 5.84. The molecule has 3 rings (SSSR count). The number of fused-ring (bicyclic) bond motifs is 2. The zero-order valence-electron chi connectivity index (χ0n) is 9.36. The lowest BCUT2D eigenvalue weighted by Crippen LogP contribution is -2.41. The number of piperidine rings is 1. The second-order valence-corrected chi connectivity index (χ2v) is 5.11. The molecule has 0 spiro atoms. The Bertz CT molecular complexity index is 470. The third-order valence-electron chi connectivity index (χ3n) is 3.54. The van der Waals surface area contributed by atoms with E-state index in [1.165, 1.54) is 6.42 Å². The second kappa shape index (κ2) is 4.17. The summed E-state index contributed by atoms with van der Waals surface area (Å²) in [7, 11) is 0. The van der Waals surface area contributed by atoms with Gasteiger partial charge in [0.25, 0.3) is 0 Å². The van der Waals surface area contributed by atoms with Crippen molar-refractivity contribution in [2.45, 2.75) is 12.5 Å². The highest BCUT2D eigenvalue weighted by Crippen LogP contribution is 2.28. The molecule has 4 nitrogen and oxygen atoms in total. The van der Waals surface area contributed by atoms with Crippen molar-refractivity contribution in [3.05, 3.63) is 23.0 Å². The van der Waals surface area contributed by atoms with Crippen LogP contribution in [0.25, 0.3) is 0 Å². The quantitative estimate of drug-likeness (QED) is 0.764. The lowest BCUT2D eigenvalue weighted by molar-refractivity contribution is 0.474. The average molecular weight is 249 g/mol. The van der Waals surface area contributed by atoms with Crippen molar-refractivity contribution < 1.29 is 0 Å². The number of hydrogen-bond donors (Lipinski definition) is 1. The molecule has 2 aliphatic rings. The van der Waals surface area contributed by atoms with Gasteiger partial charge >= 0.3 is 0 Å². The normalized spacial score (nSPS) is 26.9. The Kier molecular flexibility index (Phi) is 2.65. The Labute approximate surface area is 105 Å². The van der Waals surface area contributed by atoms with Gasteiger partial charge in [-0.3, -0.25) is 0 Å². The van der Waals surface area contributed by atoms with E-state index in [1.807, 2.05) is 6.07 Å². The minimum absolute atomic E-state index is 0.286. The summed E-state index contributed by atoms with van der Waals surface area (Å²) in [5.74, 6) is 0.718. The van der Waals surface area contributed by atoms with Gasteiger partial charge in [-0.25, -0.2) is 4.98 Å². The topological polar surface area (TPSA) is 52.0 Å². The maximum atomic E-state index is 8.95. The van der Waals surface area contributed by atoms with Crippen molar-refractivity contribution in [2.24, 2.45) is 5.92 Å². The number of aromatic nitrogens is 1. The molecule has 88 valence electrons. The Morgan fingerprint density at radius 3 is 3.18 bits per heavy atom. The second-order valence-electron chi connectivity index (χ2n) is 4.76. The van der Waals surface area contributed by atoms with Crippen LogP contribution in [0, 0.1) is 17.2 Å². The lowest BCUT2D eigenvalue weighted by atomic mass is 9.99. The zero-order valence-corrected chi connectivity index (χ0v) is 10.1. The van der Waals surface area contributed by atoms with Crippen LogP contribution >= 0.6 is 11.6 Å². The van der Waals surface area contributed by atoms with Gasteiger partial charge < -0.3 is 10.2 Å². The van der Waals surface area contributed by atoms with E-state index in [0.29, 0.717) is 11.6 Å². The number of hydrogen-bond acceptors (Lipinski definition) is 4. The summed E-state index contributed by atoms with van der Waals surface area (Å²) in [6.07, 6.45) is 3.02. The molecule has 0 saturated carbocycles. The van der Waals surface area contributed by atoms with Crippen LogP contribution in [-0.4, -0.2) is 30.7 Å². The molecule has 1 N–H and O–H groups in total. The largest absolute Gasteiger partial charge is 0.368 e. The molecule has 2 fully saturated rings. The molecule has 0 unspecified atom stereocenters. The highest BCUT2D eigenvalue weighted by Gasteiger charge is 2.32. The predicted molar refractivity (Wildman–Crippen MR) is 66.1 cm³/mol. The van der Waals surface area contributed by atoms with Gasteiger partial charge in [-0.15, -0.1) is 0 Å². The summed E-state index contributed by atoms with van der Waals surface area (Å²) in [5, 5.41) is 12.7. The molecular formula is C12H13ClN4. The highest BCUT2D eigenvalue weighted by molar-refractivity contribution is 6.30. The Balaban J connectivity index is 1.87. The maximum Gasteiger partial charge on any atom is 0.146 e. The van der Waals surface area contributed by atoms with Crippen LogP contribution in [-0.2, 0) is 0 Å². The zero-order chi connectivity index (χ0) is 11.8. The molecule has 2 atom stereocenters. The van der Waals surface area contributed by atoms with Gasteiger partial charge in [0, 0.05) is 25.7 Å². The smallest absolute Gasteiger partial charge is 0.146 e. The summed E-state index contributed by atoms with van der Waals surface area (Å²) < 4.78 is 0. The summed E-state index contributed by atoms with van der Waals surface area (Å²) in [5.41, 5.74) is 1.46. The van der Waals surface area contributed by atoms with Crippen molar-refractivity contribution >= 4 is 17.3 Å². The van der Waals surface area contributed by atoms with E-state index in [0.717, 1.165) is 31.2 Å². The van der Waals surface area contributed by atoms with Crippen LogP contribution in [0.1, 0.15) is 12.0 Å². The summed E-state index contributed by atoms with van der Waals surface area (Å²) in [4.78, 5) is 6.37. The number of rotatable bonds is 1. The lowest BCUT2D eigenvalue weighted by Gasteiger charge is -2.32. The van der Waals surface area contributed by atoms with Gasteiger partial charge in [-0.2, -0.15) is 5.26 Å². The first kappa shape index (κ1) is 10.8. The van der Waals surface area contributed by atoms with Crippen molar-refractivity contribution in [3.63, 3.8) is 0 Å². The Morgan fingerprint density at radius 1 is 1.53 bits per heavy atom. The molecule has 17 heavy (non-hydrogen) atoms. The van der Waals surface area contributed by atoms with E-state index < -0.39 is 0 Å². The van der Waals surface area contributed by atoms with Crippen molar-refractivity contribution in [2.75, 3.05) is 24.5 Å².